The van der Waals surface area contributed by atoms with Crippen molar-refractivity contribution in [2.24, 2.45) is 0 Å². The predicted octanol–water partition coefficient (Wildman–Crippen LogP) is 4.05. The van der Waals surface area contributed by atoms with Crippen LogP contribution in [0, 0.1) is 10.1 Å². The average Bonchev–Trinajstić information content (AvgIpc) is 3.10. The summed E-state index contributed by atoms with van der Waals surface area (Å²) in [4.78, 5) is 23.1. The molecule has 0 spiro atoms. The van der Waals surface area contributed by atoms with Crippen molar-refractivity contribution in [1.29, 1.82) is 0 Å². The van der Waals surface area contributed by atoms with Gasteiger partial charge in [-0.3, -0.25) is 20.2 Å². The third-order valence-electron chi connectivity index (χ3n) is 3.38. The molecule has 1 amide bonds. The maximum atomic E-state index is 12.6. The summed E-state index contributed by atoms with van der Waals surface area (Å²) in [5, 5.41) is 22.6. The lowest BCUT2D eigenvalue weighted by Gasteiger charge is -2.10. The van der Waals surface area contributed by atoms with E-state index in [0.29, 0.717) is 17.3 Å². The van der Waals surface area contributed by atoms with Crippen LogP contribution in [0.3, 0.4) is 0 Å². The number of aromatic nitrogens is 2. The summed E-state index contributed by atoms with van der Waals surface area (Å²) in [5.41, 5.74) is -0.168. The van der Waals surface area contributed by atoms with Crippen molar-refractivity contribution >= 4 is 28.1 Å². The number of anilines is 1. The summed E-state index contributed by atoms with van der Waals surface area (Å²) in [5.74, 6) is 0.164. The van der Waals surface area contributed by atoms with Gasteiger partial charge in [-0.15, -0.1) is 10.2 Å². The molecule has 3 aromatic rings. The first-order chi connectivity index (χ1) is 12.6. The fraction of sp³-hybridized carbons (Fsp3) is 0.118. The summed E-state index contributed by atoms with van der Waals surface area (Å²) >= 11 is 1.25. The minimum absolute atomic E-state index is 0.0382. The van der Waals surface area contributed by atoms with Gasteiger partial charge in [0, 0.05) is 12.1 Å². The number of para-hydroxylation sites is 1. The van der Waals surface area contributed by atoms with Gasteiger partial charge in [-0.2, -0.15) is 0 Å². The Kier molecular flexibility index (Phi) is 5.18. The minimum Gasteiger partial charge on any atom is -0.457 e. The zero-order chi connectivity index (χ0) is 18.5. The summed E-state index contributed by atoms with van der Waals surface area (Å²) in [7, 11) is 0. The molecule has 1 aromatic heterocycles. The molecule has 0 saturated heterocycles. The molecular formula is C17H14N4O4S. The van der Waals surface area contributed by atoms with E-state index in [9.17, 15) is 14.9 Å². The molecule has 0 bridgehead atoms. The Balaban J connectivity index is 1.92. The lowest BCUT2D eigenvalue weighted by Crippen LogP contribution is -2.13. The molecule has 8 nitrogen and oxygen atoms in total. The number of benzene rings is 2. The Labute approximate surface area is 152 Å². The zero-order valence-electron chi connectivity index (χ0n) is 13.7. The van der Waals surface area contributed by atoms with Crippen molar-refractivity contribution in [1.82, 2.24) is 10.2 Å². The Bertz CT molecular complexity index is 943. The van der Waals surface area contributed by atoms with Gasteiger partial charge in [0.15, 0.2) is 0 Å². The molecule has 3 rings (SSSR count). The Morgan fingerprint density at radius 3 is 2.65 bits per heavy atom. The summed E-state index contributed by atoms with van der Waals surface area (Å²) < 4.78 is 5.71. The van der Waals surface area contributed by atoms with Gasteiger partial charge in [0.25, 0.3) is 11.6 Å². The quantitative estimate of drug-likeness (QED) is 0.518. The standard InChI is InChI=1S/C17H14N4O4S/c1-2-15-19-20-17(26-15)18-16(22)13-10-11(21(23)24)8-9-14(13)25-12-6-4-3-5-7-12/h3-10H,2H2,1H3,(H,18,20,22). The molecule has 0 aliphatic carbocycles. The molecule has 0 saturated carbocycles. The Morgan fingerprint density at radius 1 is 1.23 bits per heavy atom. The minimum atomic E-state index is -0.566. The smallest absolute Gasteiger partial charge is 0.270 e. The van der Waals surface area contributed by atoms with Crippen LogP contribution in [-0.4, -0.2) is 21.0 Å². The second-order valence-corrected chi connectivity index (χ2v) is 6.22. The van der Waals surface area contributed by atoms with E-state index >= 15 is 0 Å². The monoisotopic (exact) mass is 370 g/mol. The maximum Gasteiger partial charge on any atom is 0.270 e. The summed E-state index contributed by atoms with van der Waals surface area (Å²) in [6.45, 7) is 1.93. The molecule has 9 heteroatoms. The number of rotatable bonds is 6. The molecule has 2 aromatic carbocycles. The molecule has 0 aliphatic rings. The van der Waals surface area contributed by atoms with Crippen LogP contribution in [0.2, 0.25) is 0 Å². The maximum absolute atomic E-state index is 12.6. The largest absolute Gasteiger partial charge is 0.457 e. The molecule has 132 valence electrons. The first-order valence-electron chi connectivity index (χ1n) is 7.72. The normalized spacial score (nSPS) is 10.3. The number of carbonyl (C=O) groups is 1. The number of non-ortho nitro benzene ring substituents is 1. The van der Waals surface area contributed by atoms with Gasteiger partial charge in [0.2, 0.25) is 5.13 Å². The van der Waals surface area contributed by atoms with Crippen LogP contribution in [0.5, 0.6) is 11.5 Å². The van der Waals surface area contributed by atoms with Crippen LogP contribution in [0.4, 0.5) is 10.8 Å². The molecule has 0 fully saturated rings. The second-order valence-electron chi connectivity index (χ2n) is 5.16. The molecular weight excluding hydrogens is 356 g/mol. The highest BCUT2D eigenvalue weighted by atomic mass is 32.1. The van der Waals surface area contributed by atoms with Gasteiger partial charge >= 0.3 is 0 Å². The summed E-state index contributed by atoms with van der Waals surface area (Å²) in [6, 6.07) is 12.7. The van der Waals surface area contributed by atoms with Crippen LogP contribution in [-0.2, 0) is 6.42 Å². The third-order valence-corrected chi connectivity index (χ3v) is 4.36. The molecule has 0 aliphatic heterocycles. The van der Waals surface area contributed by atoms with E-state index in [1.54, 1.807) is 24.3 Å². The number of nitrogens with zero attached hydrogens (tertiary/aromatic N) is 3. The molecule has 0 unspecified atom stereocenters. The fourth-order valence-corrected chi connectivity index (χ4v) is 2.80. The number of aryl methyl sites for hydroxylation is 1. The number of carbonyl (C=O) groups excluding carboxylic acids is 1. The van der Waals surface area contributed by atoms with E-state index in [-0.39, 0.29) is 17.0 Å². The fourth-order valence-electron chi connectivity index (χ4n) is 2.12. The van der Waals surface area contributed by atoms with Crippen molar-refractivity contribution in [3.8, 4) is 11.5 Å². The van der Waals surface area contributed by atoms with Gasteiger partial charge < -0.3 is 4.74 Å². The van der Waals surface area contributed by atoms with Crippen LogP contribution in [0.25, 0.3) is 0 Å². The van der Waals surface area contributed by atoms with E-state index < -0.39 is 10.8 Å². The van der Waals surface area contributed by atoms with Gasteiger partial charge in [0.05, 0.1) is 10.5 Å². The molecule has 0 radical (unpaired) electrons. The van der Waals surface area contributed by atoms with Crippen LogP contribution < -0.4 is 10.1 Å². The van der Waals surface area contributed by atoms with Gasteiger partial charge in [-0.1, -0.05) is 36.5 Å². The molecule has 0 atom stereocenters. The van der Waals surface area contributed by atoms with Gasteiger partial charge in [0.1, 0.15) is 16.5 Å². The SMILES string of the molecule is CCc1nnc(NC(=O)c2cc([N+](=O)[O-])ccc2Oc2ccccc2)s1. The average molecular weight is 370 g/mol. The topological polar surface area (TPSA) is 107 Å². The van der Waals surface area contributed by atoms with E-state index in [2.05, 4.69) is 15.5 Å². The van der Waals surface area contributed by atoms with Gasteiger partial charge in [-0.05, 0) is 24.6 Å². The highest BCUT2D eigenvalue weighted by molar-refractivity contribution is 7.15. The Hall–Kier alpha value is -3.33. The van der Waals surface area contributed by atoms with Crippen molar-refractivity contribution in [2.75, 3.05) is 5.32 Å². The van der Waals surface area contributed by atoms with Crippen molar-refractivity contribution in [2.45, 2.75) is 13.3 Å². The van der Waals surface area contributed by atoms with E-state index in [1.165, 1.54) is 29.5 Å². The van der Waals surface area contributed by atoms with Crippen molar-refractivity contribution < 1.29 is 14.5 Å². The van der Waals surface area contributed by atoms with E-state index in [4.69, 9.17) is 4.74 Å². The molecule has 1 heterocycles. The Morgan fingerprint density at radius 2 is 2.00 bits per heavy atom. The van der Waals surface area contributed by atoms with Crippen molar-refractivity contribution in [3.05, 3.63) is 69.2 Å². The lowest BCUT2D eigenvalue weighted by atomic mass is 10.1. The lowest BCUT2D eigenvalue weighted by molar-refractivity contribution is -0.384. The number of nitro groups is 1. The van der Waals surface area contributed by atoms with Crippen LogP contribution in [0.1, 0.15) is 22.3 Å². The zero-order valence-corrected chi connectivity index (χ0v) is 14.5. The predicted molar refractivity (Wildman–Crippen MR) is 96.9 cm³/mol. The van der Waals surface area contributed by atoms with Crippen molar-refractivity contribution in [3.63, 3.8) is 0 Å². The highest BCUT2D eigenvalue weighted by Crippen LogP contribution is 2.29. The van der Waals surface area contributed by atoms with Crippen LogP contribution >= 0.6 is 11.3 Å². The molecule has 26 heavy (non-hydrogen) atoms. The van der Waals surface area contributed by atoms with E-state index in [1.807, 2.05) is 13.0 Å². The van der Waals surface area contributed by atoms with Gasteiger partial charge in [-0.25, -0.2) is 0 Å². The number of ether oxygens (including phenoxy) is 1. The number of amides is 1. The van der Waals surface area contributed by atoms with E-state index in [0.717, 1.165) is 5.01 Å². The number of nitrogens with one attached hydrogen (secondary N) is 1. The third kappa shape index (κ3) is 4.01. The first kappa shape index (κ1) is 17.5. The first-order valence-corrected chi connectivity index (χ1v) is 8.53. The number of nitro benzene ring substituents is 1. The number of hydrogen-bond acceptors (Lipinski definition) is 7. The number of hydrogen-bond donors (Lipinski definition) is 1. The summed E-state index contributed by atoms with van der Waals surface area (Å²) in [6.07, 6.45) is 0.701. The molecule has 1 N–H and O–H groups in total. The highest BCUT2D eigenvalue weighted by Gasteiger charge is 2.20. The second kappa shape index (κ2) is 7.70. The van der Waals surface area contributed by atoms with Crippen LogP contribution in [0.15, 0.2) is 48.5 Å².